The summed E-state index contributed by atoms with van der Waals surface area (Å²) in [6.45, 7) is 0. The van der Waals surface area contributed by atoms with Crippen molar-refractivity contribution >= 4 is 51.1 Å². The highest BCUT2D eigenvalue weighted by Gasteiger charge is 2.28. The smallest absolute Gasteiger partial charge is 0.306 e. The molecule has 3 aromatic rings. The molecule has 0 saturated heterocycles. The van der Waals surface area contributed by atoms with Crippen LogP contribution in [0, 0.1) is 11.3 Å². The van der Waals surface area contributed by atoms with E-state index in [0.29, 0.717) is 42.1 Å². The number of nitrogens with two attached hydrogens (primary N) is 1. The van der Waals surface area contributed by atoms with Crippen molar-refractivity contribution in [1.82, 2.24) is 15.0 Å². The number of aliphatic carboxylic acids is 1. The number of fused-ring (bicyclic) bond motifs is 3. The van der Waals surface area contributed by atoms with Crippen LogP contribution in [0.2, 0.25) is 0 Å². The average molecular weight is 368 g/mol. The lowest BCUT2D eigenvalue weighted by Crippen LogP contribution is -2.21. The Morgan fingerprint density at radius 1 is 1.42 bits per heavy atom. The van der Waals surface area contributed by atoms with Crippen LogP contribution in [0.1, 0.15) is 22.4 Å². The van der Waals surface area contributed by atoms with Crippen LogP contribution >= 0.6 is 11.3 Å². The minimum atomic E-state index is -0.746. The number of aromatic nitrogens is 3. The first-order valence-corrected chi connectivity index (χ1v) is 8.89. The third-order valence-corrected chi connectivity index (χ3v) is 5.72. The summed E-state index contributed by atoms with van der Waals surface area (Å²) in [4.78, 5) is 26.0. The Kier molecular flexibility index (Phi) is 4.00. The third-order valence-electron chi connectivity index (χ3n) is 4.56. The molecule has 1 aliphatic carbocycles. The number of thiophene rings is 1. The normalized spacial score (nSPS) is 16.2. The Morgan fingerprint density at radius 3 is 3.04 bits per heavy atom. The van der Waals surface area contributed by atoms with Gasteiger partial charge in [0.15, 0.2) is 0 Å². The summed E-state index contributed by atoms with van der Waals surface area (Å²) < 4.78 is 0. The molecule has 0 amide bonds. The van der Waals surface area contributed by atoms with Crippen LogP contribution in [0.5, 0.6) is 0 Å². The van der Waals surface area contributed by atoms with Crippen LogP contribution in [0.25, 0.3) is 10.2 Å². The molecule has 5 N–H and O–H groups in total. The zero-order valence-electron chi connectivity index (χ0n) is 13.7. The number of aryl methyl sites for hydroxylation is 1. The molecule has 3 aromatic heterocycles. The van der Waals surface area contributed by atoms with Gasteiger partial charge in [0.05, 0.1) is 23.2 Å². The third kappa shape index (κ3) is 2.76. The molecule has 26 heavy (non-hydrogen) atoms. The summed E-state index contributed by atoms with van der Waals surface area (Å²) in [7, 11) is 0. The molecule has 0 spiro atoms. The fraction of sp³-hybridized carbons (Fsp3) is 0.235. The molecule has 1 atom stereocenters. The van der Waals surface area contributed by atoms with E-state index in [1.807, 2.05) is 0 Å². The molecule has 0 radical (unpaired) electrons. The van der Waals surface area contributed by atoms with Crippen LogP contribution in [0.15, 0.2) is 18.6 Å². The van der Waals surface area contributed by atoms with Crippen molar-refractivity contribution in [2.45, 2.75) is 19.3 Å². The van der Waals surface area contributed by atoms with Crippen molar-refractivity contribution in [3.8, 4) is 0 Å². The summed E-state index contributed by atoms with van der Waals surface area (Å²) in [6.07, 6.45) is 6.08. The molecule has 132 valence electrons. The van der Waals surface area contributed by atoms with E-state index < -0.39 is 5.97 Å². The lowest BCUT2D eigenvalue weighted by molar-refractivity contribution is -0.142. The van der Waals surface area contributed by atoms with Gasteiger partial charge >= 0.3 is 5.97 Å². The second-order valence-electron chi connectivity index (χ2n) is 6.15. The predicted octanol–water partition coefficient (Wildman–Crippen LogP) is 2.60. The van der Waals surface area contributed by atoms with Crippen LogP contribution in [-0.2, 0) is 17.6 Å². The van der Waals surface area contributed by atoms with E-state index in [1.54, 1.807) is 12.3 Å². The first kappa shape index (κ1) is 16.4. The van der Waals surface area contributed by atoms with E-state index in [4.69, 9.17) is 11.1 Å². The molecule has 0 aromatic carbocycles. The van der Waals surface area contributed by atoms with Gasteiger partial charge in [-0.25, -0.2) is 15.0 Å². The van der Waals surface area contributed by atoms with Gasteiger partial charge in [-0.15, -0.1) is 11.3 Å². The Hall–Kier alpha value is -3.07. The monoisotopic (exact) mass is 368 g/mol. The van der Waals surface area contributed by atoms with Crippen molar-refractivity contribution in [2.24, 2.45) is 5.92 Å². The van der Waals surface area contributed by atoms with Gasteiger partial charge in [-0.2, -0.15) is 0 Å². The summed E-state index contributed by atoms with van der Waals surface area (Å²) in [6, 6.07) is 1.74. The molecule has 0 unspecified atom stereocenters. The van der Waals surface area contributed by atoms with Crippen molar-refractivity contribution in [3.63, 3.8) is 0 Å². The molecule has 3 heterocycles. The number of carboxylic acids is 1. The summed E-state index contributed by atoms with van der Waals surface area (Å²) >= 11 is 1.53. The summed E-state index contributed by atoms with van der Waals surface area (Å²) in [5.41, 5.74) is 8.06. The van der Waals surface area contributed by atoms with Crippen LogP contribution in [-0.4, -0.2) is 32.2 Å². The number of anilines is 3. The largest absolute Gasteiger partial charge is 0.481 e. The molecule has 4 rings (SSSR count). The second kappa shape index (κ2) is 6.34. The number of rotatable bonds is 4. The number of nitrogens with zero attached hydrogens (tertiary/aromatic N) is 3. The zero-order valence-corrected chi connectivity index (χ0v) is 14.5. The maximum absolute atomic E-state index is 11.3. The Balaban J connectivity index is 1.75. The molecule has 0 bridgehead atoms. The van der Waals surface area contributed by atoms with Gasteiger partial charge in [0.1, 0.15) is 22.8 Å². The van der Waals surface area contributed by atoms with E-state index in [2.05, 4.69) is 20.3 Å². The fourth-order valence-electron chi connectivity index (χ4n) is 3.23. The number of pyridine rings is 1. The van der Waals surface area contributed by atoms with Gasteiger partial charge in [-0.3, -0.25) is 4.79 Å². The van der Waals surface area contributed by atoms with Crippen LogP contribution in [0.4, 0.5) is 17.3 Å². The number of carbonyl (C=O) groups is 1. The van der Waals surface area contributed by atoms with Gasteiger partial charge in [-0.1, -0.05) is 0 Å². The molecule has 9 heteroatoms. The highest BCUT2D eigenvalue weighted by atomic mass is 32.1. The van der Waals surface area contributed by atoms with Crippen molar-refractivity contribution in [2.75, 3.05) is 11.1 Å². The molecule has 8 nitrogen and oxygen atoms in total. The van der Waals surface area contributed by atoms with Gasteiger partial charge in [-0.05, 0) is 30.9 Å². The summed E-state index contributed by atoms with van der Waals surface area (Å²) in [5.74, 6) is -0.129. The lowest BCUT2D eigenvalue weighted by atomic mass is 9.88. The lowest BCUT2D eigenvalue weighted by Gasteiger charge is -2.18. The first-order chi connectivity index (χ1) is 12.6. The Labute approximate surface area is 152 Å². The van der Waals surface area contributed by atoms with E-state index in [-0.39, 0.29) is 5.92 Å². The van der Waals surface area contributed by atoms with Gasteiger partial charge < -0.3 is 21.6 Å². The highest BCUT2D eigenvalue weighted by Crippen LogP contribution is 2.40. The highest BCUT2D eigenvalue weighted by molar-refractivity contribution is 7.19. The summed E-state index contributed by atoms with van der Waals surface area (Å²) in [5, 5.41) is 20.9. The molecule has 0 fully saturated rings. The minimum Gasteiger partial charge on any atom is -0.481 e. The molecule has 1 aliphatic rings. The SMILES string of the molecule is N=Cc1cc(Nc2ncnc3sc4c(c23)CC[C@H](C(=O)O)C4)cnc1N. The average Bonchev–Trinajstić information content (AvgIpc) is 3.01. The number of hydrogen-bond donors (Lipinski definition) is 4. The first-order valence-electron chi connectivity index (χ1n) is 8.08. The number of hydrogen-bond acceptors (Lipinski definition) is 8. The minimum absolute atomic E-state index is 0.297. The maximum atomic E-state index is 11.3. The fourth-order valence-corrected chi connectivity index (χ4v) is 4.50. The Morgan fingerprint density at radius 2 is 2.27 bits per heavy atom. The van der Waals surface area contributed by atoms with Gasteiger partial charge in [0.25, 0.3) is 0 Å². The number of nitrogen functional groups attached to an aromatic ring is 1. The molecule has 0 aliphatic heterocycles. The van der Waals surface area contributed by atoms with E-state index in [1.165, 1.54) is 17.7 Å². The topological polar surface area (TPSA) is 138 Å². The number of carboxylic acid groups (broad SMARTS) is 1. The zero-order chi connectivity index (χ0) is 18.3. The van der Waals surface area contributed by atoms with Crippen molar-refractivity contribution in [3.05, 3.63) is 34.6 Å². The standard InChI is InChI=1S/C17H16N6O2S/c18-5-9-3-10(6-20-14(9)19)23-15-13-11-2-1-8(17(24)25)4-12(11)26-16(13)22-7-21-15/h3,5-8,18H,1-2,4H2,(H2,19,20)(H,24,25)(H,21,22,23)/t8-/m0/s1. The molecule has 0 saturated carbocycles. The van der Waals surface area contributed by atoms with Gasteiger partial charge in [0.2, 0.25) is 0 Å². The second-order valence-corrected chi connectivity index (χ2v) is 7.24. The van der Waals surface area contributed by atoms with E-state index in [0.717, 1.165) is 26.9 Å². The van der Waals surface area contributed by atoms with Crippen molar-refractivity contribution in [1.29, 1.82) is 5.41 Å². The van der Waals surface area contributed by atoms with E-state index in [9.17, 15) is 9.90 Å². The van der Waals surface area contributed by atoms with E-state index >= 15 is 0 Å². The molecular formula is C17H16N6O2S. The quantitative estimate of drug-likeness (QED) is 0.519. The van der Waals surface area contributed by atoms with Gasteiger partial charge in [0, 0.05) is 16.7 Å². The molecular weight excluding hydrogens is 352 g/mol. The Bertz CT molecular complexity index is 1030. The van der Waals surface area contributed by atoms with Crippen LogP contribution < -0.4 is 11.1 Å². The number of nitrogens with one attached hydrogen (secondary N) is 2. The van der Waals surface area contributed by atoms with Crippen LogP contribution in [0.3, 0.4) is 0 Å². The van der Waals surface area contributed by atoms with Crippen molar-refractivity contribution < 1.29 is 9.90 Å². The predicted molar refractivity (Wildman–Crippen MR) is 100 cm³/mol. The maximum Gasteiger partial charge on any atom is 0.306 e.